The first kappa shape index (κ1) is 20.7. The Kier molecular flexibility index (Phi) is 6.22. The third kappa shape index (κ3) is 4.28. The van der Waals surface area contributed by atoms with E-state index >= 15 is 0 Å². The van der Waals surface area contributed by atoms with Crippen molar-refractivity contribution in [3.63, 3.8) is 0 Å². The average molecular weight is 456 g/mol. The largest absolute Gasteiger partial charge is 0.325 e. The minimum Gasteiger partial charge on any atom is -0.325 e. The molecule has 0 saturated carbocycles. The molecule has 2 aromatic heterocycles. The molecule has 2 heterocycles. The fourth-order valence-corrected chi connectivity index (χ4v) is 4.77. The molecule has 0 radical (unpaired) electrons. The highest BCUT2D eigenvalue weighted by Crippen LogP contribution is 2.25. The molecule has 0 aliphatic heterocycles. The van der Waals surface area contributed by atoms with Crippen LogP contribution in [0.25, 0.3) is 15.9 Å². The van der Waals surface area contributed by atoms with E-state index in [1.54, 1.807) is 24.3 Å². The third-order valence-electron chi connectivity index (χ3n) is 4.54. The Morgan fingerprint density at radius 1 is 1.17 bits per heavy atom. The number of nitrogens with one attached hydrogen (secondary N) is 1. The number of thiophene rings is 1. The number of carbonyl (C=O) groups excluding carboxylic acids is 1. The molecular formula is C22H18ClN3O2S2. The summed E-state index contributed by atoms with van der Waals surface area (Å²) in [5.41, 5.74) is 3.02. The zero-order valence-electron chi connectivity index (χ0n) is 16.1. The van der Waals surface area contributed by atoms with Crippen molar-refractivity contribution in [2.45, 2.75) is 18.5 Å². The first-order chi connectivity index (χ1) is 14.6. The summed E-state index contributed by atoms with van der Waals surface area (Å²) in [6.45, 7) is 2.05. The van der Waals surface area contributed by atoms with Crippen LogP contribution < -0.4 is 10.9 Å². The number of rotatable bonds is 6. The summed E-state index contributed by atoms with van der Waals surface area (Å²) in [5.74, 6) is -0.0171. The molecule has 8 heteroatoms. The number of hydrogen-bond donors (Lipinski definition) is 1. The van der Waals surface area contributed by atoms with Crippen LogP contribution in [0.5, 0.6) is 0 Å². The Labute approximate surface area is 186 Å². The first-order valence-corrected chi connectivity index (χ1v) is 11.6. The van der Waals surface area contributed by atoms with E-state index in [0.29, 0.717) is 26.1 Å². The van der Waals surface area contributed by atoms with Crippen LogP contribution in [0.4, 0.5) is 5.69 Å². The van der Waals surface area contributed by atoms with E-state index in [2.05, 4.69) is 10.3 Å². The molecule has 152 valence electrons. The number of aryl methyl sites for hydroxylation is 1. The monoisotopic (exact) mass is 455 g/mol. The maximum atomic E-state index is 13.1. The van der Waals surface area contributed by atoms with Gasteiger partial charge in [-0.15, -0.1) is 11.3 Å². The van der Waals surface area contributed by atoms with Gasteiger partial charge in [-0.3, -0.25) is 14.2 Å². The van der Waals surface area contributed by atoms with Crippen molar-refractivity contribution in [1.82, 2.24) is 9.55 Å². The highest BCUT2D eigenvalue weighted by molar-refractivity contribution is 7.99. The molecule has 0 aliphatic carbocycles. The van der Waals surface area contributed by atoms with Crippen molar-refractivity contribution in [1.29, 1.82) is 0 Å². The predicted octanol–water partition coefficient (Wildman–Crippen LogP) is 5.39. The topological polar surface area (TPSA) is 64.0 Å². The van der Waals surface area contributed by atoms with E-state index in [1.165, 1.54) is 27.7 Å². The molecule has 4 aromatic rings. The SMILES string of the molecule is CCc1ccccc1NC(=O)CSc1nc2ccsc2c(=O)n1-c1ccc(Cl)cc1. The van der Waals surface area contributed by atoms with Crippen LogP contribution in [0.1, 0.15) is 12.5 Å². The number of benzene rings is 2. The van der Waals surface area contributed by atoms with Gasteiger partial charge in [0.05, 0.1) is 17.0 Å². The van der Waals surface area contributed by atoms with Crippen LogP contribution in [0.15, 0.2) is 69.9 Å². The van der Waals surface area contributed by atoms with Crippen LogP contribution >= 0.6 is 34.7 Å². The summed E-state index contributed by atoms with van der Waals surface area (Å²) in [5, 5.41) is 5.84. The number of amides is 1. The average Bonchev–Trinajstić information content (AvgIpc) is 3.23. The summed E-state index contributed by atoms with van der Waals surface area (Å²) >= 11 is 8.59. The van der Waals surface area contributed by atoms with Crippen molar-refractivity contribution in [2.75, 3.05) is 11.1 Å². The van der Waals surface area contributed by atoms with Crippen molar-refractivity contribution >= 4 is 56.5 Å². The second-order valence-corrected chi connectivity index (χ2v) is 8.79. The Bertz CT molecular complexity index is 1270. The van der Waals surface area contributed by atoms with Crippen LogP contribution in [-0.2, 0) is 11.2 Å². The van der Waals surface area contributed by atoms with Gasteiger partial charge in [-0.25, -0.2) is 4.98 Å². The maximum Gasteiger partial charge on any atom is 0.276 e. The highest BCUT2D eigenvalue weighted by Gasteiger charge is 2.16. The normalized spacial score (nSPS) is 11.0. The molecular weight excluding hydrogens is 438 g/mol. The van der Waals surface area contributed by atoms with Gasteiger partial charge >= 0.3 is 0 Å². The molecule has 2 aromatic carbocycles. The van der Waals surface area contributed by atoms with E-state index in [4.69, 9.17) is 11.6 Å². The van der Waals surface area contributed by atoms with Gasteiger partial charge in [-0.05, 0) is 53.8 Å². The van der Waals surface area contributed by atoms with Crippen LogP contribution in [0.3, 0.4) is 0 Å². The van der Waals surface area contributed by atoms with Crippen molar-refractivity contribution in [3.8, 4) is 5.69 Å². The van der Waals surface area contributed by atoms with Crippen molar-refractivity contribution in [3.05, 3.63) is 80.9 Å². The van der Waals surface area contributed by atoms with Crippen LogP contribution in [0, 0.1) is 0 Å². The number of halogens is 1. The molecule has 0 fully saturated rings. The molecule has 1 amide bonds. The summed E-state index contributed by atoms with van der Waals surface area (Å²) in [4.78, 5) is 30.3. The number of fused-ring (bicyclic) bond motifs is 1. The van der Waals surface area contributed by atoms with Crippen molar-refractivity contribution in [2.24, 2.45) is 0 Å². The molecule has 0 bridgehead atoms. The minimum absolute atomic E-state index is 0.133. The lowest BCUT2D eigenvalue weighted by molar-refractivity contribution is -0.113. The highest BCUT2D eigenvalue weighted by atomic mass is 35.5. The summed E-state index contributed by atoms with van der Waals surface area (Å²) in [6.07, 6.45) is 0.829. The van der Waals surface area contributed by atoms with Crippen LogP contribution in [-0.4, -0.2) is 21.2 Å². The number of nitrogens with zero attached hydrogens (tertiary/aromatic N) is 2. The lowest BCUT2D eigenvalue weighted by Gasteiger charge is -2.13. The van der Waals surface area contributed by atoms with Gasteiger partial charge in [0.1, 0.15) is 4.70 Å². The minimum atomic E-state index is -0.156. The van der Waals surface area contributed by atoms with E-state index in [9.17, 15) is 9.59 Å². The zero-order valence-corrected chi connectivity index (χ0v) is 18.5. The summed E-state index contributed by atoms with van der Waals surface area (Å²) in [7, 11) is 0. The zero-order chi connectivity index (χ0) is 21.1. The number of carbonyl (C=O) groups is 1. The molecule has 0 aliphatic rings. The van der Waals surface area contributed by atoms with E-state index in [0.717, 1.165) is 17.7 Å². The Morgan fingerprint density at radius 2 is 1.93 bits per heavy atom. The Balaban J connectivity index is 1.63. The number of thioether (sulfide) groups is 1. The first-order valence-electron chi connectivity index (χ1n) is 9.33. The Hall–Kier alpha value is -2.61. The number of anilines is 1. The summed E-state index contributed by atoms with van der Waals surface area (Å²) in [6, 6.07) is 16.5. The fourth-order valence-electron chi connectivity index (χ4n) is 3.07. The van der Waals surface area contributed by atoms with Gasteiger partial charge in [0, 0.05) is 10.7 Å². The molecule has 0 unspecified atom stereocenters. The van der Waals surface area contributed by atoms with E-state index in [1.807, 2.05) is 42.6 Å². The van der Waals surface area contributed by atoms with Gasteiger partial charge in [-0.1, -0.05) is 48.5 Å². The number of para-hydroxylation sites is 1. The van der Waals surface area contributed by atoms with Crippen LogP contribution in [0.2, 0.25) is 5.02 Å². The van der Waals surface area contributed by atoms with Gasteiger partial charge in [0.25, 0.3) is 5.56 Å². The molecule has 0 atom stereocenters. The third-order valence-corrected chi connectivity index (χ3v) is 6.62. The molecule has 0 spiro atoms. The molecule has 1 N–H and O–H groups in total. The van der Waals surface area contributed by atoms with Crippen molar-refractivity contribution < 1.29 is 4.79 Å². The standard InChI is InChI=1S/C22H18ClN3O2S2/c1-2-14-5-3-4-6-17(14)24-19(27)13-30-22-25-18-11-12-29-20(18)21(28)26(22)16-9-7-15(23)8-10-16/h3-12H,2,13H2,1H3,(H,24,27). The number of hydrogen-bond acceptors (Lipinski definition) is 5. The fraction of sp³-hybridized carbons (Fsp3) is 0.136. The van der Waals surface area contributed by atoms with Gasteiger partial charge in [0.2, 0.25) is 5.91 Å². The second-order valence-electron chi connectivity index (χ2n) is 6.49. The number of aromatic nitrogens is 2. The smallest absolute Gasteiger partial charge is 0.276 e. The second kappa shape index (κ2) is 9.04. The molecule has 5 nitrogen and oxygen atoms in total. The van der Waals surface area contributed by atoms with Gasteiger partial charge in [0.15, 0.2) is 5.16 Å². The Morgan fingerprint density at radius 3 is 2.70 bits per heavy atom. The maximum absolute atomic E-state index is 13.1. The van der Waals surface area contributed by atoms with Gasteiger partial charge < -0.3 is 5.32 Å². The lowest BCUT2D eigenvalue weighted by atomic mass is 10.1. The lowest BCUT2D eigenvalue weighted by Crippen LogP contribution is -2.22. The van der Waals surface area contributed by atoms with E-state index < -0.39 is 0 Å². The quantitative estimate of drug-likeness (QED) is 0.312. The molecule has 30 heavy (non-hydrogen) atoms. The molecule has 0 saturated heterocycles. The molecule has 4 rings (SSSR count). The summed E-state index contributed by atoms with van der Waals surface area (Å²) < 4.78 is 2.11. The van der Waals surface area contributed by atoms with E-state index in [-0.39, 0.29) is 17.2 Å². The predicted molar refractivity (Wildman–Crippen MR) is 125 cm³/mol. The van der Waals surface area contributed by atoms with Gasteiger partial charge in [-0.2, -0.15) is 0 Å².